The van der Waals surface area contributed by atoms with E-state index in [4.69, 9.17) is 21.4 Å². The van der Waals surface area contributed by atoms with Crippen molar-refractivity contribution in [2.24, 2.45) is 5.92 Å². The number of imide groups is 1. The summed E-state index contributed by atoms with van der Waals surface area (Å²) in [5.41, 5.74) is 3.39. The monoisotopic (exact) mass is 514 g/mol. The van der Waals surface area contributed by atoms with E-state index in [9.17, 15) is 14.9 Å². The van der Waals surface area contributed by atoms with Crippen LogP contribution in [0.2, 0.25) is 5.02 Å². The number of amides is 2. The van der Waals surface area contributed by atoms with Crippen molar-refractivity contribution in [3.63, 3.8) is 0 Å². The van der Waals surface area contributed by atoms with Crippen molar-refractivity contribution in [1.29, 1.82) is 5.26 Å². The van der Waals surface area contributed by atoms with E-state index < -0.39 is 11.8 Å². The maximum atomic E-state index is 13.5. The zero-order valence-corrected chi connectivity index (χ0v) is 21.9. The molecule has 0 fully saturated rings. The number of aromatic nitrogens is 2. The summed E-state index contributed by atoms with van der Waals surface area (Å²) in [7, 11) is 0. The van der Waals surface area contributed by atoms with Crippen LogP contribution < -0.4 is 4.74 Å². The SMILES string of the molecule is CCOc1ccc(-c2nn(-c3ccccc3)cc2/C=C2/C(=O)N(CC(C)C)C(=O)C(C#N)=C2C)cc1Cl. The minimum Gasteiger partial charge on any atom is -0.492 e. The Bertz CT molecular complexity index is 1460. The minimum atomic E-state index is -0.561. The fraction of sp³-hybridized carbons (Fsp3) is 0.241. The van der Waals surface area contributed by atoms with Gasteiger partial charge in [0, 0.05) is 29.4 Å². The first kappa shape index (κ1) is 25.9. The van der Waals surface area contributed by atoms with Crippen molar-refractivity contribution in [1.82, 2.24) is 14.7 Å². The summed E-state index contributed by atoms with van der Waals surface area (Å²) in [5.74, 6) is -0.374. The molecule has 0 N–H and O–H groups in total. The van der Waals surface area contributed by atoms with E-state index in [0.29, 0.717) is 34.2 Å². The van der Waals surface area contributed by atoms with Crippen LogP contribution >= 0.6 is 11.6 Å². The largest absolute Gasteiger partial charge is 0.492 e. The Hall–Kier alpha value is -4.15. The number of nitriles is 1. The van der Waals surface area contributed by atoms with Crippen LogP contribution in [0.25, 0.3) is 23.0 Å². The molecular weight excluding hydrogens is 488 g/mol. The van der Waals surface area contributed by atoms with Gasteiger partial charge >= 0.3 is 0 Å². The lowest BCUT2D eigenvalue weighted by molar-refractivity contribution is -0.141. The van der Waals surface area contributed by atoms with Crippen LogP contribution in [0.15, 0.2) is 71.4 Å². The average Bonchev–Trinajstić information content (AvgIpc) is 3.30. The van der Waals surface area contributed by atoms with Gasteiger partial charge in [-0.2, -0.15) is 10.4 Å². The number of nitrogens with zero attached hydrogens (tertiary/aromatic N) is 4. The first-order valence-electron chi connectivity index (χ1n) is 12.0. The lowest BCUT2D eigenvalue weighted by Crippen LogP contribution is -2.44. The van der Waals surface area contributed by atoms with Crippen LogP contribution in [-0.4, -0.2) is 39.6 Å². The van der Waals surface area contributed by atoms with Crippen LogP contribution in [0.3, 0.4) is 0 Å². The molecule has 0 aliphatic carbocycles. The molecule has 0 radical (unpaired) electrons. The highest BCUT2D eigenvalue weighted by Crippen LogP contribution is 2.34. The predicted molar refractivity (Wildman–Crippen MR) is 143 cm³/mol. The lowest BCUT2D eigenvalue weighted by Gasteiger charge is -2.28. The molecule has 2 aromatic carbocycles. The zero-order chi connectivity index (χ0) is 26.7. The normalized spacial score (nSPS) is 15.1. The number of benzene rings is 2. The molecule has 1 aliphatic heterocycles. The van der Waals surface area contributed by atoms with E-state index in [2.05, 4.69) is 0 Å². The molecule has 0 bridgehead atoms. The number of carbonyl (C=O) groups excluding carboxylic acids is 2. The molecule has 7 nitrogen and oxygen atoms in total. The minimum absolute atomic E-state index is 0.0346. The van der Waals surface area contributed by atoms with E-state index in [1.807, 2.05) is 69.4 Å². The number of para-hydroxylation sites is 1. The predicted octanol–water partition coefficient (Wildman–Crippen LogP) is 5.84. The fourth-order valence-corrected chi connectivity index (χ4v) is 4.40. The molecule has 0 unspecified atom stereocenters. The van der Waals surface area contributed by atoms with Crippen molar-refractivity contribution >= 4 is 29.5 Å². The summed E-state index contributed by atoms with van der Waals surface area (Å²) in [4.78, 5) is 27.5. The highest BCUT2D eigenvalue weighted by Gasteiger charge is 2.36. The molecular formula is C29H27ClN4O3. The van der Waals surface area contributed by atoms with Gasteiger partial charge in [0.05, 0.1) is 17.3 Å². The zero-order valence-electron chi connectivity index (χ0n) is 21.2. The van der Waals surface area contributed by atoms with Gasteiger partial charge in [0.15, 0.2) is 0 Å². The van der Waals surface area contributed by atoms with Crippen molar-refractivity contribution in [3.05, 3.63) is 82.0 Å². The number of halogens is 1. The third-order valence-electron chi connectivity index (χ3n) is 5.94. The molecule has 2 heterocycles. The van der Waals surface area contributed by atoms with Gasteiger partial charge in [0.25, 0.3) is 11.8 Å². The van der Waals surface area contributed by atoms with Crippen LogP contribution in [0.4, 0.5) is 0 Å². The fourth-order valence-electron chi connectivity index (χ4n) is 4.17. The number of rotatable bonds is 7. The standard InChI is InChI=1S/C29H27ClN4O3/c1-5-37-26-12-11-20(14-25(26)30)27-21(17-34(32-27)22-9-7-6-8-10-22)13-23-19(4)24(15-31)29(36)33(28(23)35)16-18(2)3/h6-14,17-18H,5,16H2,1-4H3/b23-13+. The molecule has 188 valence electrons. The highest BCUT2D eigenvalue weighted by molar-refractivity contribution is 6.32. The van der Waals surface area contributed by atoms with E-state index in [1.54, 1.807) is 29.8 Å². The van der Waals surface area contributed by atoms with Gasteiger partial charge < -0.3 is 4.74 Å². The van der Waals surface area contributed by atoms with Gasteiger partial charge in [-0.3, -0.25) is 14.5 Å². The van der Waals surface area contributed by atoms with E-state index in [1.165, 1.54) is 0 Å². The summed E-state index contributed by atoms with van der Waals surface area (Å²) in [5, 5.41) is 14.9. The Morgan fingerprint density at radius 3 is 2.49 bits per heavy atom. The molecule has 8 heteroatoms. The van der Waals surface area contributed by atoms with Gasteiger partial charge in [-0.25, -0.2) is 4.68 Å². The second kappa shape index (κ2) is 10.9. The first-order chi connectivity index (χ1) is 17.7. The third-order valence-corrected chi connectivity index (χ3v) is 6.24. The Morgan fingerprint density at radius 2 is 1.86 bits per heavy atom. The van der Waals surface area contributed by atoms with Crippen LogP contribution in [0.5, 0.6) is 5.75 Å². The van der Waals surface area contributed by atoms with Crippen molar-refractivity contribution in [3.8, 4) is 28.8 Å². The van der Waals surface area contributed by atoms with Gasteiger partial charge in [-0.05, 0) is 61.7 Å². The number of hydrogen-bond acceptors (Lipinski definition) is 5. The summed E-state index contributed by atoms with van der Waals surface area (Å²) in [6.45, 7) is 8.05. The summed E-state index contributed by atoms with van der Waals surface area (Å²) < 4.78 is 7.29. The van der Waals surface area contributed by atoms with Crippen LogP contribution in [0.1, 0.15) is 33.3 Å². The summed E-state index contributed by atoms with van der Waals surface area (Å²) >= 11 is 6.48. The molecule has 0 atom stereocenters. The highest BCUT2D eigenvalue weighted by atomic mass is 35.5. The second-order valence-electron chi connectivity index (χ2n) is 9.08. The first-order valence-corrected chi connectivity index (χ1v) is 12.4. The van der Waals surface area contributed by atoms with Gasteiger partial charge in [-0.15, -0.1) is 0 Å². The number of carbonyl (C=O) groups is 2. The molecule has 2 amide bonds. The van der Waals surface area contributed by atoms with E-state index >= 15 is 0 Å². The molecule has 1 aromatic heterocycles. The van der Waals surface area contributed by atoms with Gasteiger partial charge in [0.2, 0.25) is 0 Å². The van der Waals surface area contributed by atoms with Gasteiger partial charge in [0.1, 0.15) is 23.1 Å². The van der Waals surface area contributed by atoms with Crippen LogP contribution in [-0.2, 0) is 9.59 Å². The van der Waals surface area contributed by atoms with Gasteiger partial charge in [-0.1, -0.05) is 43.6 Å². The van der Waals surface area contributed by atoms with Crippen molar-refractivity contribution < 1.29 is 14.3 Å². The number of hydrogen-bond donors (Lipinski definition) is 0. The molecule has 0 spiro atoms. The molecule has 0 saturated heterocycles. The Labute approximate surface area is 221 Å². The molecule has 1 aliphatic rings. The van der Waals surface area contributed by atoms with Crippen molar-refractivity contribution in [2.75, 3.05) is 13.2 Å². The molecule has 0 saturated carbocycles. The lowest BCUT2D eigenvalue weighted by atomic mass is 9.92. The summed E-state index contributed by atoms with van der Waals surface area (Å²) in [6, 6.07) is 17.0. The smallest absolute Gasteiger partial charge is 0.271 e. The summed E-state index contributed by atoms with van der Waals surface area (Å²) in [6.07, 6.45) is 3.51. The maximum Gasteiger partial charge on any atom is 0.271 e. The number of ether oxygens (including phenoxy) is 1. The quantitative estimate of drug-likeness (QED) is 0.292. The molecule has 3 aromatic rings. The van der Waals surface area contributed by atoms with E-state index in [-0.39, 0.29) is 23.6 Å². The van der Waals surface area contributed by atoms with E-state index in [0.717, 1.165) is 16.2 Å². The average molecular weight is 515 g/mol. The van der Waals surface area contributed by atoms with Crippen LogP contribution in [0, 0.1) is 17.2 Å². The Kier molecular flexibility index (Phi) is 7.61. The second-order valence-corrected chi connectivity index (χ2v) is 9.48. The molecule has 37 heavy (non-hydrogen) atoms. The Balaban J connectivity index is 1.91. The topological polar surface area (TPSA) is 88.2 Å². The third kappa shape index (κ3) is 5.20. The molecule has 4 rings (SSSR count). The maximum absolute atomic E-state index is 13.5. The Morgan fingerprint density at radius 1 is 1.14 bits per heavy atom. The van der Waals surface area contributed by atoms with Crippen molar-refractivity contribution in [2.45, 2.75) is 27.7 Å².